The average molecular weight is 384 g/mol. The minimum atomic E-state index is -0.710. The smallest absolute Gasteiger partial charge is 0.276 e. The van der Waals surface area contributed by atoms with Gasteiger partial charge in [0, 0.05) is 28.8 Å². The number of rotatable bonds is 5. The number of carbonyl (C=O) groups excluding carboxylic acids is 2. The van der Waals surface area contributed by atoms with Gasteiger partial charge in [0.1, 0.15) is 5.75 Å². The first-order chi connectivity index (χ1) is 11.9. The molecule has 0 saturated heterocycles. The summed E-state index contributed by atoms with van der Waals surface area (Å²) in [5, 5.41) is 11.3. The van der Waals surface area contributed by atoms with Crippen LogP contribution in [0.4, 0.5) is 5.69 Å². The quantitative estimate of drug-likeness (QED) is 0.608. The summed E-state index contributed by atoms with van der Waals surface area (Å²) in [6, 6.07) is 9.59. The number of carbonyl (C=O) groups is 2. The Morgan fingerprint density at radius 3 is 2.60 bits per heavy atom. The Balaban J connectivity index is 1.87. The second kappa shape index (κ2) is 8.32. The predicted molar refractivity (Wildman–Crippen MR) is 90.7 cm³/mol. The number of hydrogen-bond donors (Lipinski definition) is 2. The Bertz CT molecular complexity index is 829. The largest absolute Gasteiger partial charge is 0.482 e. The molecule has 0 fully saturated rings. The SMILES string of the molecule is O=C(COc1cc(Cl)ccc1Cl)NNC(=O)c1cccc([N+](=O)[O-])c1. The molecule has 0 unspecified atom stereocenters. The van der Waals surface area contributed by atoms with Gasteiger partial charge in [0.25, 0.3) is 17.5 Å². The van der Waals surface area contributed by atoms with Crippen molar-refractivity contribution in [3.05, 3.63) is 68.2 Å². The van der Waals surface area contributed by atoms with Gasteiger partial charge in [-0.15, -0.1) is 0 Å². The van der Waals surface area contributed by atoms with Crippen LogP contribution in [0.1, 0.15) is 10.4 Å². The summed E-state index contributed by atoms with van der Waals surface area (Å²) in [6.07, 6.45) is 0. The molecule has 0 aromatic heterocycles. The molecule has 25 heavy (non-hydrogen) atoms. The predicted octanol–water partition coefficient (Wildman–Crippen LogP) is 2.74. The molecule has 8 nitrogen and oxygen atoms in total. The highest BCUT2D eigenvalue weighted by molar-refractivity contribution is 6.34. The van der Waals surface area contributed by atoms with Crippen molar-refractivity contribution in [2.24, 2.45) is 0 Å². The van der Waals surface area contributed by atoms with Crippen molar-refractivity contribution < 1.29 is 19.2 Å². The summed E-state index contributed by atoms with van der Waals surface area (Å²) in [7, 11) is 0. The lowest BCUT2D eigenvalue weighted by molar-refractivity contribution is -0.384. The van der Waals surface area contributed by atoms with Gasteiger partial charge < -0.3 is 4.74 Å². The molecular weight excluding hydrogens is 373 g/mol. The van der Waals surface area contributed by atoms with Gasteiger partial charge in [-0.1, -0.05) is 29.3 Å². The number of nitrogens with zero attached hydrogens (tertiary/aromatic N) is 1. The van der Waals surface area contributed by atoms with Crippen molar-refractivity contribution in [2.75, 3.05) is 6.61 Å². The molecule has 0 aliphatic heterocycles. The topological polar surface area (TPSA) is 111 Å². The van der Waals surface area contributed by atoms with E-state index in [2.05, 4.69) is 10.9 Å². The maximum absolute atomic E-state index is 11.9. The normalized spacial score (nSPS) is 10.0. The zero-order valence-corrected chi connectivity index (χ0v) is 14.0. The Hall–Kier alpha value is -2.84. The number of hydrogen-bond acceptors (Lipinski definition) is 5. The Labute approximate surface area is 151 Å². The molecule has 0 aliphatic rings. The lowest BCUT2D eigenvalue weighted by Crippen LogP contribution is -2.43. The first kappa shape index (κ1) is 18.5. The van der Waals surface area contributed by atoms with Crippen LogP contribution >= 0.6 is 23.2 Å². The van der Waals surface area contributed by atoms with Crippen LogP contribution < -0.4 is 15.6 Å². The summed E-state index contributed by atoms with van der Waals surface area (Å²) in [5.41, 5.74) is 4.04. The van der Waals surface area contributed by atoms with Crippen molar-refractivity contribution >= 4 is 40.7 Å². The number of benzene rings is 2. The molecule has 2 aromatic carbocycles. The fourth-order valence-electron chi connectivity index (χ4n) is 1.73. The molecule has 2 N–H and O–H groups in total. The van der Waals surface area contributed by atoms with E-state index in [1.165, 1.54) is 30.3 Å². The highest BCUT2D eigenvalue weighted by atomic mass is 35.5. The number of hydrazine groups is 1. The molecule has 2 aromatic rings. The van der Waals surface area contributed by atoms with Crippen LogP contribution in [-0.2, 0) is 4.79 Å². The van der Waals surface area contributed by atoms with Crippen LogP contribution in [0.15, 0.2) is 42.5 Å². The third-order valence-corrected chi connectivity index (χ3v) is 3.43. The lowest BCUT2D eigenvalue weighted by atomic mass is 10.2. The monoisotopic (exact) mass is 383 g/mol. The van der Waals surface area contributed by atoms with E-state index in [9.17, 15) is 19.7 Å². The van der Waals surface area contributed by atoms with E-state index in [1.807, 2.05) is 0 Å². The van der Waals surface area contributed by atoms with Gasteiger partial charge in [0.2, 0.25) is 0 Å². The van der Waals surface area contributed by atoms with Crippen LogP contribution in [0.3, 0.4) is 0 Å². The summed E-state index contributed by atoms with van der Waals surface area (Å²) >= 11 is 11.7. The van der Waals surface area contributed by atoms with Crippen LogP contribution in [0.5, 0.6) is 5.75 Å². The Morgan fingerprint density at radius 1 is 1.12 bits per heavy atom. The summed E-state index contributed by atoms with van der Waals surface area (Å²) in [5.74, 6) is -1.15. The fraction of sp³-hybridized carbons (Fsp3) is 0.0667. The van der Waals surface area contributed by atoms with E-state index in [4.69, 9.17) is 27.9 Å². The third kappa shape index (κ3) is 5.33. The molecule has 0 radical (unpaired) electrons. The van der Waals surface area contributed by atoms with Gasteiger partial charge in [0.15, 0.2) is 6.61 Å². The fourth-order valence-corrected chi connectivity index (χ4v) is 2.06. The highest BCUT2D eigenvalue weighted by Crippen LogP contribution is 2.27. The van der Waals surface area contributed by atoms with E-state index in [0.717, 1.165) is 6.07 Å². The second-order valence-electron chi connectivity index (χ2n) is 4.67. The molecule has 0 saturated carbocycles. The van der Waals surface area contributed by atoms with Gasteiger partial charge in [-0.2, -0.15) is 0 Å². The number of nitrogens with one attached hydrogen (secondary N) is 2. The first-order valence-electron chi connectivity index (χ1n) is 6.78. The van der Waals surface area contributed by atoms with Crippen LogP contribution in [0.25, 0.3) is 0 Å². The van der Waals surface area contributed by atoms with Crippen molar-refractivity contribution in [1.82, 2.24) is 10.9 Å². The standard InChI is InChI=1S/C15H11Cl2N3O5/c16-10-4-5-12(17)13(7-10)25-8-14(21)18-19-15(22)9-2-1-3-11(6-9)20(23)24/h1-7H,8H2,(H,18,21)(H,19,22). The number of amides is 2. The third-order valence-electron chi connectivity index (χ3n) is 2.89. The van der Waals surface area contributed by atoms with Crippen LogP contribution in [0.2, 0.25) is 10.0 Å². The highest BCUT2D eigenvalue weighted by Gasteiger charge is 2.12. The van der Waals surface area contributed by atoms with Gasteiger partial charge in [-0.3, -0.25) is 30.6 Å². The molecule has 0 heterocycles. The van der Waals surface area contributed by atoms with Gasteiger partial charge in [0.05, 0.1) is 9.95 Å². The number of ether oxygens (including phenoxy) is 1. The van der Waals surface area contributed by atoms with Gasteiger partial charge in [-0.05, 0) is 18.2 Å². The maximum Gasteiger partial charge on any atom is 0.276 e. The van der Waals surface area contributed by atoms with E-state index < -0.39 is 23.3 Å². The van der Waals surface area contributed by atoms with Crippen molar-refractivity contribution in [3.8, 4) is 5.75 Å². The molecule has 2 amide bonds. The summed E-state index contributed by atoms with van der Waals surface area (Å²) in [4.78, 5) is 33.6. The molecule has 0 aliphatic carbocycles. The zero-order chi connectivity index (χ0) is 18.4. The second-order valence-corrected chi connectivity index (χ2v) is 5.52. The molecule has 2 rings (SSSR count). The molecule has 10 heteroatoms. The van der Waals surface area contributed by atoms with Crippen LogP contribution in [-0.4, -0.2) is 23.3 Å². The van der Waals surface area contributed by atoms with Crippen molar-refractivity contribution in [2.45, 2.75) is 0 Å². The van der Waals surface area contributed by atoms with Crippen molar-refractivity contribution in [3.63, 3.8) is 0 Å². The Morgan fingerprint density at radius 2 is 1.88 bits per heavy atom. The van der Waals surface area contributed by atoms with E-state index in [0.29, 0.717) is 5.02 Å². The number of non-ortho nitro benzene ring substituents is 1. The lowest BCUT2D eigenvalue weighted by Gasteiger charge is -2.10. The van der Waals surface area contributed by atoms with Gasteiger partial charge in [-0.25, -0.2) is 0 Å². The number of nitro groups is 1. The number of halogens is 2. The van der Waals surface area contributed by atoms with Crippen molar-refractivity contribution in [1.29, 1.82) is 0 Å². The molecule has 0 spiro atoms. The zero-order valence-electron chi connectivity index (χ0n) is 12.5. The molecular formula is C15H11Cl2N3O5. The summed E-state index contributed by atoms with van der Waals surface area (Å²) in [6.45, 7) is -0.421. The van der Waals surface area contributed by atoms with E-state index >= 15 is 0 Å². The molecule has 0 atom stereocenters. The minimum Gasteiger partial charge on any atom is -0.482 e. The molecule has 130 valence electrons. The first-order valence-corrected chi connectivity index (χ1v) is 7.54. The molecule has 0 bridgehead atoms. The number of nitro benzene ring substituents is 1. The Kier molecular flexibility index (Phi) is 6.15. The van der Waals surface area contributed by atoms with Gasteiger partial charge >= 0.3 is 0 Å². The minimum absolute atomic E-state index is 0.0216. The van der Waals surface area contributed by atoms with E-state index in [1.54, 1.807) is 6.07 Å². The van der Waals surface area contributed by atoms with Crippen LogP contribution in [0, 0.1) is 10.1 Å². The summed E-state index contributed by atoms with van der Waals surface area (Å²) < 4.78 is 5.20. The van der Waals surface area contributed by atoms with E-state index in [-0.39, 0.29) is 22.0 Å². The average Bonchev–Trinajstić information content (AvgIpc) is 2.60. The maximum atomic E-state index is 11.9.